The van der Waals surface area contributed by atoms with Gasteiger partial charge in [-0.1, -0.05) is 97.3 Å². The maximum Gasteiger partial charge on any atom is 0.0598 e. The van der Waals surface area contributed by atoms with Crippen LogP contribution in [-0.2, 0) is 0 Å². The molecule has 2 heterocycles. The molecule has 0 saturated heterocycles. The van der Waals surface area contributed by atoms with Crippen LogP contribution in [0, 0.1) is 10.4 Å². The Bertz CT molecular complexity index is 2000. The zero-order valence-electron chi connectivity index (χ0n) is 22.1. The van der Waals surface area contributed by atoms with E-state index in [2.05, 4.69) is 133 Å². The normalized spacial score (nSPS) is 17.8. The number of aromatic nitrogens is 1. The molecule has 0 spiro atoms. The SMILES string of the molecule is C=c1cccc/c1=c1/c(=C\C)[nH]c2ccc(-c3ccc4c(c3)SC3=CCCC=C3N4C3=CC=CC=CC3)cc12. The fourth-order valence-electron chi connectivity index (χ4n) is 5.85. The van der Waals surface area contributed by atoms with Crippen molar-refractivity contribution in [3.8, 4) is 11.1 Å². The van der Waals surface area contributed by atoms with Crippen LogP contribution in [0.3, 0.4) is 0 Å². The highest BCUT2D eigenvalue weighted by atomic mass is 32.2. The number of anilines is 1. The molecule has 0 amide bonds. The van der Waals surface area contributed by atoms with Crippen LogP contribution in [0.4, 0.5) is 5.69 Å². The summed E-state index contributed by atoms with van der Waals surface area (Å²) in [4.78, 5) is 8.76. The number of rotatable bonds is 2. The molecule has 3 aromatic carbocycles. The first-order valence-electron chi connectivity index (χ1n) is 13.6. The molecule has 190 valence electrons. The van der Waals surface area contributed by atoms with Gasteiger partial charge in [-0.3, -0.25) is 0 Å². The highest BCUT2D eigenvalue weighted by Gasteiger charge is 2.29. The van der Waals surface area contributed by atoms with E-state index >= 15 is 0 Å². The quantitative estimate of drug-likeness (QED) is 0.286. The van der Waals surface area contributed by atoms with Gasteiger partial charge in [0.1, 0.15) is 0 Å². The molecular formula is C36H30N2S. The molecule has 0 unspecified atom stereocenters. The summed E-state index contributed by atoms with van der Waals surface area (Å²) in [5, 5.41) is 5.81. The Morgan fingerprint density at radius 1 is 0.923 bits per heavy atom. The van der Waals surface area contributed by atoms with E-state index in [1.807, 2.05) is 11.8 Å². The van der Waals surface area contributed by atoms with Crippen molar-refractivity contribution in [1.82, 2.24) is 4.98 Å². The molecule has 1 aliphatic heterocycles. The average molecular weight is 523 g/mol. The lowest BCUT2D eigenvalue weighted by atomic mass is 10.0. The van der Waals surface area contributed by atoms with Gasteiger partial charge in [-0.05, 0) is 71.7 Å². The third kappa shape index (κ3) is 4.14. The van der Waals surface area contributed by atoms with E-state index in [1.54, 1.807) is 0 Å². The molecule has 0 bridgehead atoms. The topological polar surface area (TPSA) is 19.0 Å². The van der Waals surface area contributed by atoms with Gasteiger partial charge in [-0.15, -0.1) is 0 Å². The molecular weight excluding hydrogens is 492 g/mol. The van der Waals surface area contributed by atoms with Crippen molar-refractivity contribution in [1.29, 1.82) is 0 Å². The highest BCUT2D eigenvalue weighted by Crippen LogP contribution is 2.50. The number of benzene rings is 3. The predicted octanol–water partition coefficient (Wildman–Crippen LogP) is 8.21. The molecule has 0 radical (unpaired) electrons. The van der Waals surface area contributed by atoms with E-state index < -0.39 is 0 Å². The summed E-state index contributed by atoms with van der Waals surface area (Å²) in [6.07, 6.45) is 21.0. The van der Waals surface area contributed by atoms with Gasteiger partial charge in [0.25, 0.3) is 0 Å². The standard InChI is InChI=1S/C36H30N2S/c1-3-30-36(28-15-9-8-12-24(28)2)29-22-25(18-20-31(29)37-30)26-19-21-33-35(23-26)39-34-17-11-10-16-32(34)38(33)27-13-6-4-5-7-14-27/h3-9,12-13,15-23,37H,2,10-11,14H2,1H3/b30-3+,36-28-. The zero-order chi connectivity index (χ0) is 26.3. The lowest BCUT2D eigenvalue weighted by molar-refractivity contribution is 0.943. The second-order valence-electron chi connectivity index (χ2n) is 10.2. The van der Waals surface area contributed by atoms with E-state index in [0.717, 1.165) is 35.3 Å². The van der Waals surface area contributed by atoms with E-state index in [-0.39, 0.29) is 0 Å². The number of thioether (sulfide) groups is 1. The van der Waals surface area contributed by atoms with Gasteiger partial charge in [0.2, 0.25) is 0 Å². The van der Waals surface area contributed by atoms with Crippen molar-refractivity contribution in [3.05, 3.63) is 141 Å². The first-order valence-corrected chi connectivity index (χ1v) is 14.4. The van der Waals surface area contributed by atoms with Crippen molar-refractivity contribution in [2.24, 2.45) is 0 Å². The molecule has 39 heavy (non-hydrogen) atoms. The zero-order valence-corrected chi connectivity index (χ0v) is 22.9. The van der Waals surface area contributed by atoms with E-state index in [1.165, 1.54) is 53.8 Å². The Hall–Kier alpha value is -4.21. The van der Waals surface area contributed by atoms with Gasteiger partial charge in [0.05, 0.1) is 11.4 Å². The summed E-state index contributed by atoms with van der Waals surface area (Å²) in [6, 6.07) is 22.1. The first-order chi connectivity index (χ1) is 19.2. The second kappa shape index (κ2) is 9.83. The minimum atomic E-state index is 0.918. The molecule has 0 fully saturated rings. The fourth-order valence-corrected chi connectivity index (χ4v) is 7.02. The Morgan fingerprint density at radius 3 is 2.67 bits per heavy atom. The number of allylic oxidation sites excluding steroid dienone is 7. The van der Waals surface area contributed by atoms with E-state index in [4.69, 9.17) is 0 Å². The summed E-state index contributed by atoms with van der Waals surface area (Å²) < 4.78 is 0. The Labute approximate surface area is 233 Å². The molecule has 4 aromatic rings. The summed E-state index contributed by atoms with van der Waals surface area (Å²) >= 11 is 1.90. The Balaban J connectivity index is 1.41. The number of hydrogen-bond acceptors (Lipinski definition) is 2. The minimum absolute atomic E-state index is 0.918. The number of nitrogens with zero attached hydrogens (tertiary/aromatic N) is 1. The third-order valence-corrected chi connectivity index (χ3v) is 8.89. The first kappa shape index (κ1) is 23.9. The van der Waals surface area contributed by atoms with Gasteiger partial charge in [0, 0.05) is 43.4 Å². The number of fused-ring (bicyclic) bond motifs is 3. The molecule has 1 aromatic heterocycles. The van der Waals surface area contributed by atoms with Crippen molar-refractivity contribution >= 4 is 41.0 Å². The molecule has 2 nitrogen and oxygen atoms in total. The summed E-state index contributed by atoms with van der Waals surface area (Å²) in [5.41, 5.74) is 7.50. The molecule has 0 atom stereocenters. The maximum atomic E-state index is 4.31. The highest BCUT2D eigenvalue weighted by molar-refractivity contribution is 8.03. The molecule has 3 heteroatoms. The molecule has 0 saturated carbocycles. The van der Waals surface area contributed by atoms with Gasteiger partial charge >= 0.3 is 0 Å². The second-order valence-corrected chi connectivity index (χ2v) is 11.2. The monoisotopic (exact) mass is 522 g/mol. The van der Waals surface area contributed by atoms with Crippen molar-refractivity contribution in [2.45, 2.75) is 31.1 Å². The Kier molecular flexibility index (Phi) is 6.02. The van der Waals surface area contributed by atoms with Crippen molar-refractivity contribution in [2.75, 3.05) is 4.90 Å². The smallest absolute Gasteiger partial charge is 0.0598 e. The van der Waals surface area contributed by atoms with Crippen LogP contribution in [0.1, 0.15) is 26.2 Å². The van der Waals surface area contributed by atoms with Crippen LogP contribution in [0.2, 0.25) is 0 Å². The number of H-pyrrole nitrogens is 1. The van der Waals surface area contributed by atoms with Crippen LogP contribution >= 0.6 is 11.8 Å². The van der Waals surface area contributed by atoms with Gasteiger partial charge in [0.15, 0.2) is 0 Å². The van der Waals surface area contributed by atoms with Crippen LogP contribution in [0.5, 0.6) is 0 Å². The number of hydrogen-bond donors (Lipinski definition) is 1. The largest absolute Gasteiger partial charge is 0.355 e. The van der Waals surface area contributed by atoms with E-state index in [0.29, 0.717) is 0 Å². The van der Waals surface area contributed by atoms with Crippen LogP contribution in [-0.4, -0.2) is 4.98 Å². The van der Waals surface area contributed by atoms with Crippen molar-refractivity contribution in [3.63, 3.8) is 0 Å². The van der Waals surface area contributed by atoms with Crippen LogP contribution in [0.25, 0.3) is 34.7 Å². The fraction of sp³-hybridized carbons (Fsp3) is 0.111. The molecule has 3 aliphatic rings. The summed E-state index contributed by atoms with van der Waals surface area (Å²) in [6.45, 7) is 6.40. The van der Waals surface area contributed by atoms with Crippen molar-refractivity contribution < 1.29 is 0 Å². The predicted molar refractivity (Wildman–Crippen MR) is 167 cm³/mol. The lowest BCUT2D eigenvalue weighted by Gasteiger charge is -2.37. The Morgan fingerprint density at radius 2 is 1.77 bits per heavy atom. The summed E-state index contributed by atoms with van der Waals surface area (Å²) in [5.74, 6) is 0. The molecule has 2 aliphatic carbocycles. The summed E-state index contributed by atoms with van der Waals surface area (Å²) in [7, 11) is 0. The maximum absolute atomic E-state index is 4.31. The van der Waals surface area contributed by atoms with Crippen LogP contribution < -0.4 is 15.5 Å². The number of aromatic amines is 1. The van der Waals surface area contributed by atoms with Gasteiger partial charge in [-0.2, -0.15) is 0 Å². The van der Waals surface area contributed by atoms with Crippen LogP contribution in [0.15, 0.2) is 124 Å². The third-order valence-electron chi connectivity index (χ3n) is 7.75. The minimum Gasteiger partial charge on any atom is -0.355 e. The van der Waals surface area contributed by atoms with E-state index in [9.17, 15) is 0 Å². The molecule has 1 N–H and O–H groups in total. The van der Waals surface area contributed by atoms with Gasteiger partial charge in [-0.25, -0.2) is 0 Å². The average Bonchev–Trinajstić information content (AvgIpc) is 3.12. The number of nitrogens with one attached hydrogen (secondary N) is 1. The lowest BCUT2D eigenvalue weighted by Crippen LogP contribution is -2.26. The molecule has 7 rings (SSSR count). The van der Waals surface area contributed by atoms with Gasteiger partial charge < -0.3 is 9.88 Å².